The molecule has 2 aromatic heterocycles. The van der Waals surface area contributed by atoms with Gasteiger partial charge in [0, 0.05) is 51.0 Å². The fourth-order valence-electron chi connectivity index (χ4n) is 4.35. The Labute approximate surface area is 184 Å². The van der Waals surface area contributed by atoms with E-state index in [-0.39, 0.29) is 0 Å². The fraction of sp³-hybridized carbons (Fsp3) is 0.455. The molecule has 0 N–H and O–H groups in total. The highest BCUT2D eigenvalue weighted by molar-refractivity contribution is 7.89. The predicted molar refractivity (Wildman–Crippen MR) is 120 cm³/mol. The monoisotopic (exact) mass is 442 g/mol. The topological polar surface area (TPSA) is 76.3 Å². The summed E-state index contributed by atoms with van der Waals surface area (Å²) in [7, 11) is -1.66. The van der Waals surface area contributed by atoms with Crippen LogP contribution in [0.1, 0.15) is 28.3 Å². The summed E-state index contributed by atoms with van der Waals surface area (Å²) in [5, 5.41) is 9.02. The van der Waals surface area contributed by atoms with Crippen molar-refractivity contribution in [1.82, 2.24) is 28.8 Å². The molecule has 3 heterocycles. The molecule has 0 radical (unpaired) electrons. The number of benzene rings is 1. The maximum absolute atomic E-state index is 13.5. The Kier molecular flexibility index (Phi) is 5.76. The van der Waals surface area contributed by atoms with E-state index in [9.17, 15) is 8.42 Å². The molecule has 0 aliphatic carbocycles. The van der Waals surface area contributed by atoms with Gasteiger partial charge in [0.25, 0.3) is 0 Å². The van der Waals surface area contributed by atoms with Crippen molar-refractivity contribution >= 4 is 10.0 Å². The van der Waals surface area contributed by atoms with Crippen molar-refractivity contribution in [2.75, 3.05) is 26.2 Å². The molecule has 1 aromatic carbocycles. The summed E-state index contributed by atoms with van der Waals surface area (Å²) >= 11 is 0. The lowest BCUT2D eigenvalue weighted by molar-refractivity contribution is 0.181. The van der Waals surface area contributed by atoms with Crippen LogP contribution in [0.5, 0.6) is 0 Å². The van der Waals surface area contributed by atoms with Crippen molar-refractivity contribution in [3.8, 4) is 5.69 Å². The van der Waals surface area contributed by atoms with Gasteiger partial charge in [-0.25, -0.2) is 13.1 Å². The SMILES string of the molecule is Cc1nn(C)c(C)c1CN1CCN(S(=O)(=O)c2c(C)nn(-c3ccccc3)c2C)CC1. The summed E-state index contributed by atoms with van der Waals surface area (Å²) in [6.07, 6.45) is 0. The Morgan fingerprint density at radius 1 is 0.871 bits per heavy atom. The lowest BCUT2D eigenvalue weighted by Crippen LogP contribution is -2.48. The third-order valence-electron chi connectivity index (χ3n) is 6.20. The molecule has 1 saturated heterocycles. The molecule has 0 spiro atoms. The van der Waals surface area contributed by atoms with E-state index >= 15 is 0 Å². The van der Waals surface area contributed by atoms with Crippen LogP contribution in [0.2, 0.25) is 0 Å². The molecular weight excluding hydrogens is 412 g/mol. The van der Waals surface area contributed by atoms with Gasteiger partial charge in [-0.2, -0.15) is 14.5 Å². The minimum absolute atomic E-state index is 0.323. The molecule has 9 heteroatoms. The normalized spacial score (nSPS) is 16.2. The summed E-state index contributed by atoms with van der Waals surface area (Å²) in [6, 6.07) is 9.63. The molecule has 0 bridgehead atoms. The molecule has 3 aromatic rings. The first kappa shape index (κ1) is 21.7. The second-order valence-electron chi connectivity index (χ2n) is 8.20. The molecule has 4 rings (SSSR count). The highest BCUT2D eigenvalue weighted by Crippen LogP contribution is 2.27. The van der Waals surface area contributed by atoms with E-state index in [0.29, 0.717) is 42.5 Å². The standard InChI is InChI=1S/C22H30N6O2S/c1-16-21(18(3)25(5)23-16)15-26-11-13-27(14-12-26)31(29,30)22-17(2)24-28(19(22)4)20-9-7-6-8-10-20/h6-10H,11-15H2,1-5H3. The quantitative estimate of drug-likeness (QED) is 0.606. The summed E-state index contributed by atoms with van der Waals surface area (Å²) in [6.45, 7) is 10.8. The van der Waals surface area contributed by atoms with Crippen LogP contribution in [0, 0.1) is 27.7 Å². The smallest absolute Gasteiger partial charge is 0.246 e. The molecule has 31 heavy (non-hydrogen) atoms. The van der Waals surface area contributed by atoms with Crippen LogP contribution in [-0.4, -0.2) is 63.4 Å². The number of aryl methyl sites for hydroxylation is 3. The Balaban J connectivity index is 1.52. The first-order valence-electron chi connectivity index (χ1n) is 10.5. The first-order valence-corrected chi connectivity index (χ1v) is 12.0. The molecule has 1 aliphatic rings. The van der Waals surface area contributed by atoms with Crippen LogP contribution in [0.3, 0.4) is 0 Å². The zero-order chi connectivity index (χ0) is 22.3. The summed E-state index contributed by atoms with van der Waals surface area (Å²) < 4.78 is 32.2. The molecule has 0 saturated carbocycles. The number of sulfonamides is 1. The van der Waals surface area contributed by atoms with E-state index in [2.05, 4.69) is 22.0 Å². The maximum atomic E-state index is 13.5. The Morgan fingerprint density at radius 2 is 1.52 bits per heavy atom. The van der Waals surface area contributed by atoms with E-state index in [1.54, 1.807) is 15.9 Å². The van der Waals surface area contributed by atoms with Gasteiger partial charge in [-0.15, -0.1) is 0 Å². The maximum Gasteiger partial charge on any atom is 0.246 e. The van der Waals surface area contributed by atoms with Gasteiger partial charge in [0.05, 0.1) is 22.8 Å². The van der Waals surface area contributed by atoms with Crippen LogP contribution < -0.4 is 0 Å². The molecule has 0 atom stereocenters. The number of nitrogens with zero attached hydrogens (tertiary/aromatic N) is 6. The summed E-state index contributed by atoms with van der Waals surface area (Å²) in [5.74, 6) is 0. The summed E-state index contributed by atoms with van der Waals surface area (Å²) in [4.78, 5) is 2.62. The van der Waals surface area contributed by atoms with Gasteiger partial charge in [-0.3, -0.25) is 9.58 Å². The minimum atomic E-state index is -3.61. The molecular formula is C22H30N6O2S. The van der Waals surface area contributed by atoms with E-state index in [1.165, 1.54) is 5.56 Å². The number of para-hydroxylation sites is 1. The Morgan fingerprint density at radius 3 is 2.10 bits per heavy atom. The largest absolute Gasteiger partial charge is 0.296 e. The van der Waals surface area contributed by atoms with Crippen LogP contribution in [-0.2, 0) is 23.6 Å². The molecule has 1 aliphatic heterocycles. The van der Waals surface area contributed by atoms with Crippen molar-refractivity contribution in [2.24, 2.45) is 7.05 Å². The number of rotatable bonds is 5. The number of piperazine rings is 1. The van der Waals surface area contributed by atoms with E-state index in [1.807, 2.05) is 55.9 Å². The number of hydrogen-bond donors (Lipinski definition) is 0. The van der Waals surface area contributed by atoms with Gasteiger partial charge in [0.1, 0.15) is 4.90 Å². The van der Waals surface area contributed by atoms with Gasteiger partial charge < -0.3 is 0 Å². The van der Waals surface area contributed by atoms with Crippen molar-refractivity contribution in [1.29, 1.82) is 0 Å². The van der Waals surface area contributed by atoms with Crippen LogP contribution in [0.25, 0.3) is 5.69 Å². The van der Waals surface area contributed by atoms with E-state index in [4.69, 9.17) is 0 Å². The third kappa shape index (κ3) is 3.93. The zero-order valence-corrected chi connectivity index (χ0v) is 19.6. The average Bonchev–Trinajstić information content (AvgIpc) is 3.18. The van der Waals surface area contributed by atoms with Crippen LogP contribution in [0.4, 0.5) is 0 Å². The van der Waals surface area contributed by atoms with Crippen LogP contribution >= 0.6 is 0 Å². The van der Waals surface area contributed by atoms with Crippen molar-refractivity contribution in [2.45, 2.75) is 39.1 Å². The van der Waals surface area contributed by atoms with Crippen molar-refractivity contribution in [3.05, 3.63) is 58.7 Å². The average molecular weight is 443 g/mol. The highest BCUT2D eigenvalue weighted by atomic mass is 32.2. The molecule has 0 amide bonds. The minimum Gasteiger partial charge on any atom is -0.296 e. The van der Waals surface area contributed by atoms with E-state index in [0.717, 1.165) is 23.6 Å². The Bertz CT molecular complexity index is 1190. The van der Waals surface area contributed by atoms with Gasteiger partial charge >= 0.3 is 0 Å². The van der Waals surface area contributed by atoms with Gasteiger partial charge in [-0.1, -0.05) is 18.2 Å². The lowest BCUT2D eigenvalue weighted by Gasteiger charge is -2.34. The van der Waals surface area contributed by atoms with Crippen molar-refractivity contribution in [3.63, 3.8) is 0 Å². The van der Waals surface area contributed by atoms with Crippen molar-refractivity contribution < 1.29 is 8.42 Å². The second-order valence-corrected chi connectivity index (χ2v) is 10.1. The third-order valence-corrected chi connectivity index (χ3v) is 8.35. The summed E-state index contributed by atoms with van der Waals surface area (Å²) in [5.41, 5.74) is 5.46. The van der Waals surface area contributed by atoms with Crippen LogP contribution in [0.15, 0.2) is 35.2 Å². The molecule has 8 nitrogen and oxygen atoms in total. The van der Waals surface area contributed by atoms with E-state index < -0.39 is 10.0 Å². The predicted octanol–water partition coefficient (Wildman–Crippen LogP) is 2.35. The van der Waals surface area contributed by atoms with Gasteiger partial charge in [0.2, 0.25) is 10.0 Å². The Hall–Kier alpha value is -2.49. The lowest BCUT2D eigenvalue weighted by atomic mass is 10.1. The number of aromatic nitrogens is 4. The molecule has 0 unspecified atom stereocenters. The zero-order valence-electron chi connectivity index (χ0n) is 18.8. The second kappa shape index (κ2) is 8.22. The fourth-order valence-corrected chi connectivity index (χ4v) is 6.13. The van der Waals surface area contributed by atoms with Gasteiger partial charge in [0.15, 0.2) is 0 Å². The molecule has 1 fully saturated rings. The van der Waals surface area contributed by atoms with Gasteiger partial charge in [-0.05, 0) is 39.8 Å². The molecule has 166 valence electrons. The first-order chi connectivity index (χ1) is 14.7. The number of hydrogen-bond acceptors (Lipinski definition) is 5. The highest BCUT2D eigenvalue weighted by Gasteiger charge is 2.33.